The maximum Gasteiger partial charge on any atom is 0.339 e. The van der Waals surface area contributed by atoms with E-state index in [2.05, 4.69) is 9.88 Å². The number of hydrogen-bond acceptors (Lipinski definition) is 4. The van der Waals surface area contributed by atoms with Crippen molar-refractivity contribution in [2.75, 3.05) is 11.6 Å². The van der Waals surface area contributed by atoms with Crippen LogP contribution in [0, 0.1) is 0 Å². The summed E-state index contributed by atoms with van der Waals surface area (Å²) in [6, 6.07) is 10.0. The van der Waals surface area contributed by atoms with E-state index in [1.54, 1.807) is 0 Å². The molecule has 0 saturated heterocycles. The third kappa shape index (κ3) is 2.30. The van der Waals surface area contributed by atoms with Crippen LogP contribution in [-0.4, -0.2) is 6.73 Å². The second-order valence-electron chi connectivity index (χ2n) is 6.69. The van der Waals surface area contributed by atoms with Crippen LogP contribution in [0.3, 0.4) is 0 Å². The highest BCUT2D eigenvalue weighted by Crippen LogP contribution is 2.36. The predicted octanol–water partition coefficient (Wildman–Crippen LogP) is 2.84. The highest BCUT2D eigenvalue weighted by atomic mass is 16.5. The molecule has 0 atom stereocenters. The summed E-state index contributed by atoms with van der Waals surface area (Å²) in [5, 5.41) is 1.07. The van der Waals surface area contributed by atoms with Crippen LogP contribution in [0.15, 0.2) is 45.7 Å². The van der Waals surface area contributed by atoms with Crippen LogP contribution in [0.2, 0.25) is 0 Å². The summed E-state index contributed by atoms with van der Waals surface area (Å²) in [5.74, 6) is 1.78. The fraction of sp³-hybridized carbons (Fsp3) is 0.300. The zero-order valence-electron chi connectivity index (χ0n) is 13.9. The van der Waals surface area contributed by atoms with E-state index < -0.39 is 0 Å². The van der Waals surface area contributed by atoms with Crippen molar-refractivity contribution < 1.29 is 14.1 Å². The Hall–Kier alpha value is -2.82. The van der Waals surface area contributed by atoms with Gasteiger partial charge in [0.2, 0.25) is 6.73 Å². The Bertz CT molecular complexity index is 1010. The Labute approximate surface area is 144 Å². The van der Waals surface area contributed by atoms with Crippen molar-refractivity contribution in [3.63, 3.8) is 0 Å². The Morgan fingerprint density at radius 3 is 2.72 bits per heavy atom. The lowest BCUT2D eigenvalue weighted by atomic mass is 9.90. The summed E-state index contributed by atoms with van der Waals surface area (Å²) in [5.41, 5.74) is 3.49. The van der Waals surface area contributed by atoms with E-state index in [1.165, 1.54) is 5.56 Å². The van der Waals surface area contributed by atoms with Crippen LogP contribution >= 0.6 is 0 Å². The molecule has 0 bridgehead atoms. The molecule has 1 N–H and O–H groups in total. The summed E-state index contributed by atoms with van der Waals surface area (Å²) >= 11 is 0. The van der Waals surface area contributed by atoms with Gasteiger partial charge in [-0.2, -0.15) is 0 Å². The van der Waals surface area contributed by atoms with Gasteiger partial charge in [0.1, 0.15) is 17.9 Å². The molecule has 2 aliphatic rings. The van der Waals surface area contributed by atoms with Gasteiger partial charge in [-0.25, -0.2) is 14.7 Å². The molecule has 0 spiro atoms. The molecule has 25 heavy (non-hydrogen) atoms. The van der Waals surface area contributed by atoms with Crippen LogP contribution in [-0.2, 0) is 19.4 Å². The molecule has 5 rings (SSSR count). The number of pyridine rings is 1. The van der Waals surface area contributed by atoms with Gasteiger partial charge in [0.15, 0.2) is 0 Å². The number of ether oxygens (including phenoxy) is 1. The molecule has 3 heterocycles. The summed E-state index contributed by atoms with van der Waals surface area (Å²) in [7, 11) is 0. The minimum absolute atomic E-state index is 0.181. The molecule has 1 aliphatic heterocycles. The molecule has 2 aromatic heterocycles. The number of aromatic amines is 1. The number of anilines is 1. The fourth-order valence-corrected chi connectivity index (χ4v) is 3.95. The summed E-state index contributed by atoms with van der Waals surface area (Å²) in [6.45, 7) is 1.11. The number of aryl methyl sites for hydroxylation is 1. The SMILES string of the molecule is O=c1oc2c3c(ccc2c2c1CCCC2)OCN(c1cccc[nH+]1)C3. The first-order valence-electron chi connectivity index (χ1n) is 8.76. The highest BCUT2D eigenvalue weighted by Gasteiger charge is 2.28. The van der Waals surface area contributed by atoms with Gasteiger partial charge in [-0.1, -0.05) is 6.07 Å². The quantitative estimate of drug-likeness (QED) is 0.642. The van der Waals surface area contributed by atoms with Crippen molar-refractivity contribution in [3.05, 3.63) is 63.6 Å². The van der Waals surface area contributed by atoms with Crippen molar-refractivity contribution >= 4 is 16.8 Å². The smallest absolute Gasteiger partial charge is 0.339 e. The van der Waals surface area contributed by atoms with Gasteiger partial charge in [0.25, 0.3) is 5.82 Å². The number of aromatic nitrogens is 1. The van der Waals surface area contributed by atoms with Crippen LogP contribution < -0.4 is 20.2 Å². The van der Waals surface area contributed by atoms with Gasteiger partial charge in [-0.3, -0.25) is 0 Å². The molecular formula is C20H19N2O3+. The molecule has 0 unspecified atom stereocenters. The van der Waals surface area contributed by atoms with E-state index in [9.17, 15) is 4.79 Å². The van der Waals surface area contributed by atoms with E-state index >= 15 is 0 Å². The topological polar surface area (TPSA) is 56.8 Å². The Morgan fingerprint density at radius 2 is 1.88 bits per heavy atom. The van der Waals surface area contributed by atoms with Gasteiger partial charge in [0.05, 0.1) is 11.8 Å². The number of fused-ring (bicyclic) bond motifs is 5. The first-order chi connectivity index (χ1) is 12.3. The first kappa shape index (κ1) is 14.5. The third-order valence-corrected chi connectivity index (χ3v) is 5.21. The lowest BCUT2D eigenvalue weighted by Crippen LogP contribution is -2.35. The van der Waals surface area contributed by atoms with Crippen molar-refractivity contribution in [2.45, 2.75) is 32.2 Å². The van der Waals surface area contributed by atoms with Crippen molar-refractivity contribution in [1.82, 2.24) is 0 Å². The summed E-state index contributed by atoms with van der Waals surface area (Å²) < 4.78 is 11.7. The molecule has 126 valence electrons. The third-order valence-electron chi connectivity index (χ3n) is 5.21. The summed E-state index contributed by atoms with van der Waals surface area (Å²) in [4.78, 5) is 17.8. The van der Waals surface area contributed by atoms with Crippen molar-refractivity contribution in [3.8, 4) is 5.75 Å². The molecule has 5 heteroatoms. The van der Waals surface area contributed by atoms with E-state index in [-0.39, 0.29) is 5.63 Å². The van der Waals surface area contributed by atoms with E-state index in [1.807, 2.05) is 36.5 Å². The molecule has 1 aliphatic carbocycles. The van der Waals surface area contributed by atoms with E-state index in [4.69, 9.17) is 9.15 Å². The predicted molar refractivity (Wildman–Crippen MR) is 93.8 cm³/mol. The van der Waals surface area contributed by atoms with Crippen LogP contribution in [0.25, 0.3) is 11.0 Å². The number of rotatable bonds is 1. The average Bonchev–Trinajstić information content (AvgIpc) is 2.68. The van der Waals surface area contributed by atoms with Gasteiger partial charge in [-0.15, -0.1) is 0 Å². The van der Waals surface area contributed by atoms with Gasteiger partial charge < -0.3 is 9.15 Å². The lowest BCUT2D eigenvalue weighted by molar-refractivity contribution is -0.364. The average molecular weight is 335 g/mol. The Kier molecular flexibility index (Phi) is 3.26. The van der Waals surface area contributed by atoms with E-state index in [0.717, 1.165) is 53.8 Å². The summed E-state index contributed by atoms with van der Waals surface area (Å²) in [6.07, 6.45) is 5.86. The molecular weight excluding hydrogens is 316 g/mol. The maximum atomic E-state index is 12.5. The minimum atomic E-state index is -0.181. The second kappa shape index (κ2) is 5.62. The molecule has 5 nitrogen and oxygen atoms in total. The number of benzene rings is 1. The number of nitrogens with zero attached hydrogens (tertiary/aromatic N) is 1. The zero-order valence-corrected chi connectivity index (χ0v) is 13.9. The van der Waals surface area contributed by atoms with Crippen molar-refractivity contribution in [1.29, 1.82) is 0 Å². The van der Waals surface area contributed by atoms with Crippen LogP contribution in [0.4, 0.5) is 5.82 Å². The zero-order chi connectivity index (χ0) is 16.8. The minimum Gasteiger partial charge on any atom is -0.454 e. The molecule has 0 amide bonds. The second-order valence-corrected chi connectivity index (χ2v) is 6.69. The normalized spacial score (nSPS) is 16.2. The Balaban J connectivity index is 1.67. The molecule has 0 saturated carbocycles. The maximum absolute atomic E-state index is 12.5. The van der Waals surface area contributed by atoms with E-state index in [0.29, 0.717) is 18.9 Å². The standard InChI is InChI=1S/C20H18N2O3/c23-20-15-6-2-1-5-13(15)14-8-9-17-16(19(14)25-20)11-22(12-24-17)18-7-3-4-10-21-18/h3-4,7-10H,1-2,5-6,11-12H2/p+1. The molecule has 1 aromatic carbocycles. The lowest BCUT2D eigenvalue weighted by Gasteiger charge is -2.25. The highest BCUT2D eigenvalue weighted by molar-refractivity contribution is 5.86. The number of nitrogens with one attached hydrogen (secondary N) is 1. The van der Waals surface area contributed by atoms with Gasteiger partial charge >= 0.3 is 5.63 Å². The molecule has 0 fully saturated rings. The van der Waals surface area contributed by atoms with Crippen LogP contribution in [0.5, 0.6) is 5.75 Å². The van der Waals surface area contributed by atoms with Gasteiger partial charge in [0, 0.05) is 17.0 Å². The first-order valence-corrected chi connectivity index (χ1v) is 8.76. The van der Waals surface area contributed by atoms with Crippen LogP contribution in [0.1, 0.15) is 29.5 Å². The molecule has 0 radical (unpaired) electrons. The number of H-pyrrole nitrogens is 1. The largest absolute Gasteiger partial charge is 0.454 e. The number of hydrogen-bond donors (Lipinski definition) is 0. The Morgan fingerprint density at radius 1 is 1.00 bits per heavy atom. The van der Waals surface area contributed by atoms with Crippen molar-refractivity contribution in [2.24, 2.45) is 0 Å². The van der Waals surface area contributed by atoms with Gasteiger partial charge in [-0.05, 0) is 49.4 Å². The monoisotopic (exact) mass is 335 g/mol. The molecule has 3 aromatic rings. The fourth-order valence-electron chi connectivity index (χ4n) is 3.95.